The summed E-state index contributed by atoms with van der Waals surface area (Å²) in [6.07, 6.45) is 4.60. The fraction of sp³-hybridized carbons (Fsp3) is 0.370. The Balaban J connectivity index is 1.37. The molecule has 0 saturated heterocycles. The molecule has 2 aliphatic carbocycles. The molecule has 7 heteroatoms. The molecule has 34 heavy (non-hydrogen) atoms. The zero-order valence-electron chi connectivity index (χ0n) is 18.9. The molecular formula is C27H24FN5O. The molecular weight excluding hydrogens is 429 g/mol. The molecule has 0 amide bonds. The Kier molecular flexibility index (Phi) is 4.10. The highest BCUT2D eigenvalue weighted by atomic mass is 19.1. The summed E-state index contributed by atoms with van der Waals surface area (Å²) in [5.41, 5.74) is 2.88. The van der Waals surface area contributed by atoms with E-state index in [0.717, 1.165) is 49.0 Å². The first-order valence-electron chi connectivity index (χ1n) is 12.0. The average molecular weight is 454 g/mol. The highest BCUT2D eigenvalue weighted by Crippen LogP contribution is 2.55. The predicted octanol–water partition coefficient (Wildman–Crippen LogP) is 4.32. The van der Waals surface area contributed by atoms with Crippen LogP contribution in [0.2, 0.25) is 0 Å². The number of halogens is 1. The molecule has 170 valence electrons. The summed E-state index contributed by atoms with van der Waals surface area (Å²) in [7, 11) is 0. The molecule has 0 bridgehead atoms. The molecule has 1 unspecified atom stereocenters. The van der Waals surface area contributed by atoms with Gasteiger partial charge in [0.05, 0.1) is 10.9 Å². The van der Waals surface area contributed by atoms with Crippen molar-refractivity contribution in [2.45, 2.75) is 44.6 Å². The Morgan fingerprint density at radius 2 is 1.94 bits per heavy atom. The monoisotopic (exact) mass is 453 g/mol. The van der Waals surface area contributed by atoms with Gasteiger partial charge in [-0.05, 0) is 80.7 Å². The largest absolute Gasteiger partial charge is 0.378 e. The van der Waals surface area contributed by atoms with Crippen molar-refractivity contribution >= 4 is 28.2 Å². The molecule has 0 spiro atoms. The van der Waals surface area contributed by atoms with Crippen molar-refractivity contribution in [1.82, 2.24) is 19.6 Å². The topological polar surface area (TPSA) is 66.5 Å². The van der Waals surface area contributed by atoms with Crippen molar-refractivity contribution in [3.05, 3.63) is 59.2 Å². The number of aromatic nitrogens is 4. The van der Waals surface area contributed by atoms with Gasteiger partial charge in [-0.3, -0.25) is 4.40 Å². The minimum Gasteiger partial charge on any atom is -0.378 e. The average Bonchev–Trinajstić information content (AvgIpc) is 3.28. The molecule has 7 rings (SSSR count). The third kappa shape index (κ3) is 2.95. The molecule has 3 aliphatic rings. The van der Waals surface area contributed by atoms with E-state index < -0.39 is 5.60 Å². The van der Waals surface area contributed by atoms with Gasteiger partial charge in [0.25, 0.3) is 5.78 Å². The molecule has 1 N–H and O–H groups in total. The molecule has 3 heterocycles. The summed E-state index contributed by atoms with van der Waals surface area (Å²) in [4.78, 5) is 6.85. The van der Waals surface area contributed by atoms with Crippen LogP contribution in [-0.4, -0.2) is 36.8 Å². The minimum atomic E-state index is -0.859. The van der Waals surface area contributed by atoms with E-state index in [1.54, 1.807) is 10.5 Å². The lowest BCUT2D eigenvalue weighted by molar-refractivity contribution is 0.0956. The number of hydrogen-bond donors (Lipinski definition) is 1. The van der Waals surface area contributed by atoms with E-state index >= 15 is 4.39 Å². The number of nitrogens with zero attached hydrogens (tertiary/aromatic N) is 5. The first-order valence-corrected chi connectivity index (χ1v) is 12.0. The number of hydrogen-bond acceptors (Lipinski definition) is 5. The highest BCUT2D eigenvalue weighted by Gasteiger charge is 2.52. The molecule has 2 aromatic heterocycles. The van der Waals surface area contributed by atoms with Crippen molar-refractivity contribution in [2.75, 3.05) is 11.4 Å². The Hall–Kier alpha value is -3.50. The fourth-order valence-corrected chi connectivity index (χ4v) is 5.98. The summed E-state index contributed by atoms with van der Waals surface area (Å²) >= 11 is 0. The van der Waals surface area contributed by atoms with Crippen LogP contribution in [0.15, 0.2) is 36.4 Å². The molecule has 6 nitrogen and oxygen atoms in total. The number of rotatable bonds is 1. The first-order chi connectivity index (χ1) is 16.5. The molecule has 3 atom stereocenters. The smallest absolute Gasteiger partial charge is 0.257 e. The maximum absolute atomic E-state index is 15.2. The number of fused-ring (bicyclic) bond motifs is 5. The van der Waals surface area contributed by atoms with Crippen molar-refractivity contribution in [3.8, 4) is 11.8 Å². The summed E-state index contributed by atoms with van der Waals surface area (Å²) < 4.78 is 17.0. The summed E-state index contributed by atoms with van der Waals surface area (Å²) in [5, 5.41) is 19.7. The minimum absolute atomic E-state index is 0.319. The van der Waals surface area contributed by atoms with Crippen LogP contribution < -0.4 is 4.90 Å². The standard InChI is InChI=1S/C27H24FN5O/c1-16-30-31-26-29-25(24-21(28)7-3-9-23(24)33(16)26)32-12-4-6-20-17(5-2-8-22(20)32)10-11-27(34)14-18-13-19(18)15-27/h2-3,5,7-9,18-19,34H,4,6,12-15H2,1H3/t18-,19+,27?. The zero-order valence-corrected chi connectivity index (χ0v) is 18.9. The highest BCUT2D eigenvalue weighted by molar-refractivity contribution is 5.94. The van der Waals surface area contributed by atoms with Crippen molar-refractivity contribution in [1.29, 1.82) is 0 Å². The van der Waals surface area contributed by atoms with Crippen molar-refractivity contribution in [2.24, 2.45) is 11.8 Å². The van der Waals surface area contributed by atoms with Crippen LogP contribution in [0.5, 0.6) is 0 Å². The maximum atomic E-state index is 15.2. The van der Waals surface area contributed by atoms with Crippen LogP contribution >= 0.6 is 0 Å². The molecule has 2 saturated carbocycles. The summed E-state index contributed by atoms with van der Waals surface area (Å²) in [6.45, 7) is 2.56. The lowest BCUT2D eigenvalue weighted by Crippen LogP contribution is -2.27. The fourth-order valence-electron chi connectivity index (χ4n) is 5.98. The van der Waals surface area contributed by atoms with Crippen LogP contribution in [0.1, 0.15) is 42.6 Å². The van der Waals surface area contributed by atoms with Gasteiger partial charge in [0.2, 0.25) is 0 Å². The number of aliphatic hydroxyl groups is 1. The van der Waals surface area contributed by atoms with E-state index in [-0.39, 0.29) is 5.82 Å². The quantitative estimate of drug-likeness (QED) is 0.435. The first kappa shape index (κ1) is 19.9. The van der Waals surface area contributed by atoms with Gasteiger partial charge in [-0.25, -0.2) is 4.39 Å². The molecule has 2 aromatic carbocycles. The van der Waals surface area contributed by atoms with Gasteiger partial charge in [0.1, 0.15) is 23.1 Å². The lowest BCUT2D eigenvalue weighted by atomic mass is 9.94. The lowest BCUT2D eigenvalue weighted by Gasteiger charge is -2.32. The summed E-state index contributed by atoms with van der Waals surface area (Å²) in [5.74, 6) is 9.17. The number of anilines is 2. The van der Waals surface area contributed by atoms with Gasteiger partial charge >= 0.3 is 0 Å². The van der Waals surface area contributed by atoms with Gasteiger partial charge in [0, 0.05) is 17.8 Å². The van der Waals surface area contributed by atoms with Crippen LogP contribution in [0.4, 0.5) is 15.9 Å². The van der Waals surface area contributed by atoms with E-state index in [0.29, 0.717) is 40.2 Å². The third-order valence-corrected chi connectivity index (χ3v) is 7.67. The van der Waals surface area contributed by atoms with E-state index in [4.69, 9.17) is 4.98 Å². The second-order valence-electron chi connectivity index (χ2n) is 9.96. The Labute approximate surface area is 196 Å². The number of aryl methyl sites for hydroxylation is 1. The molecule has 2 fully saturated rings. The predicted molar refractivity (Wildman–Crippen MR) is 127 cm³/mol. The normalized spacial score (nSPS) is 25.2. The van der Waals surface area contributed by atoms with E-state index in [9.17, 15) is 5.11 Å². The second kappa shape index (κ2) is 7.00. The van der Waals surface area contributed by atoms with Gasteiger partial charge in [0.15, 0.2) is 0 Å². The van der Waals surface area contributed by atoms with Crippen molar-refractivity contribution < 1.29 is 9.50 Å². The summed E-state index contributed by atoms with van der Waals surface area (Å²) in [6, 6.07) is 11.1. The van der Waals surface area contributed by atoms with Crippen LogP contribution in [-0.2, 0) is 6.42 Å². The SMILES string of the molecule is Cc1nnc2nc(N3CCCc4c(C#CC5(O)C[C@H]6C[C@H]6C5)cccc43)c3c(F)cccc3n12. The molecule has 0 radical (unpaired) electrons. The van der Waals surface area contributed by atoms with Gasteiger partial charge in [-0.2, -0.15) is 4.98 Å². The second-order valence-corrected chi connectivity index (χ2v) is 9.96. The zero-order chi connectivity index (χ0) is 23.0. The van der Waals surface area contributed by atoms with Gasteiger partial charge in [-0.15, -0.1) is 10.2 Å². The third-order valence-electron chi connectivity index (χ3n) is 7.67. The molecule has 1 aliphatic heterocycles. The van der Waals surface area contributed by atoms with E-state index in [2.05, 4.69) is 26.9 Å². The Bertz CT molecular complexity index is 1540. The van der Waals surface area contributed by atoms with Crippen molar-refractivity contribution in [3.63, 3.8) is 0 Å². The number of benzene rings is 2. The van der Waals surface area contributed by atoms with E-state index in [1.807, 2.05) is 31.2 Å². The van der Waals surface area contributed by atoms with Gasteiger partial charge < -0.3 is 10.0 Å². The Morgan fingerprint density at radius 1 is 1.12 bits per heavy atom. The maximum Gasteiger partial charge on any atom is 0.257 e. The van der Waals surface area contributed by atoms with Crippen LogP contribution in [0.25, 0.3) is 16.7 Å². The van der Waals surface area contributed by atoms with Gasteiger partial charge in [-0.1, -0.05) is 24.0 Å². The van der Waals surface area contributed by atoms with Crippen LogP contribution in [0.3, 0.4) is 0 Å². The Morgan fingerprint density at radius 3 is 2.79 bits per heavy atom. The molecule has 4 aromatic rings. The van der Waals surface area contributed by atoms with E-state index in [1.165, 1.54) is 12.5 Å². The van der Waals surface area contributed by atoms with Crippen LogP contribution in [0, 0.1) is 36.4 Å².